The maximum atomic E-state index is 12.8. The molecule has 4 nitrogen and oxygen atoms in total. The predicted molar refractivity (Wildman–Crippen MR) is 90.3 cm³/mol. The van der Waals surface area contributed by atoms with Gasteiger partial charge in [-0.05, 0) is 24.7 Å². The van der Waals surface area contributed by atoms with Crippen LogP contribution in [-0.2, 0) is 4.79 Å². The van der Waals surface area contributed by atoms with Crippen LogP contribution in [0.5, 0.6) is 0 Å². The Morgan fingerprint density at radius 3 is 2.36 bits per heavy atom. The van der Waals surface area contributed by atoms with Gasteiger partial charge in [0.2, 0.25) is 0 Å². The molecular formula is C21H21N3O. The summed E-state index contributed by atoms with van der Waals surface area (Å²) in [6.45, 7) is 0. The van der Waals surface area contributed by atoms with Gasteiger partial charge < -0.3 is 0 Å². The summed E-state index contributed by atoms with van der Waals surface area (Å²) in [5, 5.41) is 29.3. The van der Waals surface area contributed by atoms with E-state index in [0.29, 0.717) is 23.1 Å². The summed E-state index contributed by atoms with van der Waals surface area (Å²) in [7, 11) is 0. The number of carbonyl (C=O) groups is 1. The summed E-state index contributed by atoms with van der Waals surface area (Å²) in [5.74, 6) is 0.211. The molecule has 5 atom stereocenters. The van der Waals surface area contributed by atoms with Crippen molar-refractivity contribution in [3.05, 3.63) is 22.8 Å². The molecule has 0 saturated heterocycles. The number of hydrogen-bond acceptors (Lipinski definition) is 4. The van der Waals surface area contributed by atoms with Gasteiger partial charge in [-0.25, -0.2) is 0 Å². The number of ketones is 1. The highest BCUT2D eigenvalue weighted by Gasteiger charge is 2.73. The molecule has 0 aromatic heterocycles. The van der Waals surface area contributed by atoms with Gasteiger partial charge >= 0.3 is 0 Å². The molecule has 0 aliphatic heterocycles. The van der Waals surface area contributed by atoms with Crippen molar-refractivity contribution in [1.29, 1.82) is 15.8 Å². The van der Waals surface area contributed by atoms with E-state index < -0.39 is 5.41 Å². The monoisotopic (exact) mass is 331 g/mol. The fourth-order valence-corrected chi connectivity index (χ4v) is 5.86. The van der Waals surface area contributed by atoms with Gasteiger partial charge in [0.1, 0.15) is 5.78 Å². The maximum Gasteiger partial charge on any atom is 0.136 e. The molecule has 0 aromatic rings. The van der Waals surface area contributed by atoms with Crippen LogP contribution >= 0.6 is 0 Å². The summed E-state index contributed by atoms with van der Waals surface area (Å²) < 4.78 is 0. The van der Waals surface area contributed by atoms with Gasteiger partial charge in [0, 0.05) is 29.2 Å². The quantitative estimate of drug-likeness (QED) is 0.671. The Morgan fingerprint density at radius 1 is 0.960 bits per heavy atom. The number of Topliss-reactive ketones (excluding diaryl/α,β-unsaturated/α-hetero) is 1. The Kier molecular flexibility index (Phi) is 3.77. The molecule has 4 heteroatoms. The van der Waals surface area contributed by atoms with Crippen LogP contribution in [0.3, 0.4) is 0 Å². The highest BCUT2D eigenvalue weighted by Crippen LogP contribution is 2.74. The average molecular weight is 331 g/mol. The van der Waals surface area contributed by atoms with Gasteiger partial charge in [-0.15, -0.1) is 0 Å². The van der Waals surface area contributed by atoms with Crippen molar-refractivity contribution in [1.82, 2.24) is 0 Å². The van der Waals surface area contributed by atoms with E-state index in [1.165, 1.54) is 0 Å². The number of carbonyl (C=O) groups excluding carboxylic acids is 1. The number of nitriles is 3. The Morgan fingerprint density at radius 2 is 1.68 bits per heavy atom. The zero-order valence-electron chi connectivity index (χ0n) is 14.3. The first kappa shape index (κ1) is 16.1. The van der Waals surface area contributed by atoms with E-state index in [1.807, 2.05) is 6.08 Å². The lowest BCUT2D eigenvalue weighted by Gasteiger charge is -2.43. The maximum absolute atomic E-state index is 12.8. The zero-order valence-corrected chi connectivity index (χ0v) is 14.3. The van der Waals surface area contributed by atoms with Crippen LogP contribution in [0.25, 0.3) is 0 Å². The van der Waals surface area contributed by atoms with Crippen LogP contribution in [0.4, 0.5) is 0 Å². The first-order chi connectivity index (χ1) is 12.2. The molecule has 2 saturated carbocycles. The second-order valence-corrected chi connectivity index (χ2v) is 7.92. The molecule has 0 aromatic carbocycles. The smallest absolute Gasteiger partial charge is 0.136 e. The van der Waals surface area contributed by atoms with Gasteiger partial charge in [0.25, 0.3) is 0 Å². The topological polar surface area (TPSA) is 88.4 Å². The molecule has 25 heavy (non-hydrogen) atoms. The molecule has 0 radical (unpaired) electrons. The van der Waals surface area contributed by atoms with Crippen molar-refractivity contribution < 1.29 is 4.79 Å². The Bertz CT molecular complexity index is 816. The largest absolute Gasteiger partial charge is 0.299 e. The molecular weight excluding hydrogens is 310 g/mol. The van der Waals surface area contributed by atoms with Crippen LogP contribution in [0, 0.1) is 63.1 Å². The fraction of sp³-hybridized carbons (Fsp3) is 0.619. The molecule has 0 heterocycles. The average Bonchev–Trinajstić information content (AvgIpc) is 3.39. The van der Waals surface area contributed by atoms with Gasteiger partial charge in [-0.3, -0.25) is 4.79 Å². The van der Waals surface area contributed by atoms with E-state index in [-0.39, 0.29) is 29.5 Å². The summed E-state index contributed by atoms with van der Waals surface area (Å²) in [6.07, 6.45) is 9.58. The third kappa shape index (κ3) is 2.06. The molecule has 2 fully saturated rings. The van der Waals surface area contributed by atoms with Gasteiger partial charge in [0.15, 0.2) is 0 Å². The Labute approximate surface area is 148 Å². The first-order valence-corrected chi connectivity index (χ1v) is 9.40. The Hall–Kier alpha value is -2.38. The van der Waals surface area contributed by atoms with E-state index in [9.17, 15) is 20.6 Å². The van der Waals surface area contributed by atoms with Crippen LogP contribution in [0.2, 0.25) is 0 Å². The molecule has 5 aliphatic rings. The van der Waals surface area contributed by atoms with Gasteiger partial charge in [0.05, 0.1) is 29.4 Å². The van der Waals surface area contributed by atoms with Crippen LogP contribution in [-0.4, -0.2) is 5.78 Å². The second-order valence-electron chi connectivity index (χ2n) is 7.92. The Balaban J connectivity index is 1.84. The van der Waals surface area contributed by atoms with E-state index >= 15 is 0 Å². The van der Waals surface area contributed by atoms with Gasteiger partial charge in [-0.1, -0.05) is 38.2 Å². The first-order valence-electron chi connectivity index (χ1n) is 9.40. The number of allylic oxidation sites excluding steroid dienone is 4. The molecule has 2 bridgehead atoms. The van der Waals surface area contributed by atoms with Crippen molar-refractivity contribution in [3.8, 4) is 18.2 Å². The molecule has 5 rings (SSSR count). The van der Waals surface area contributed by atoms with Crippen molar-refractivity contribution in [2.45, 2.75) is 51.4 Å². The fourth-order valence-electron chi connectivity index (χ4n) is 5.86. The second kappa shape index (κ2) is 5.86. The third-order valence-corrected chi connectivity index (χ3v) is 6.90. The predicted octanol–water partition coefficient (Wildman–Crippen LogP) is 3.98. The van der Waals surface area contributed by atoms with Crippen LogP contribution in [0.1, 0.15) is 51.4 Å². The third-order valence-electron chi connectivity index (χ3n) is 6.90. The summed E-state index contributed by atoms with van der Waals surface area (Å²) in [5.41, 5.74) is 0.982. The minimum atomic E-state index is -0.673. The van der Waals surface area contributed by atoms with Crippen LogP contribution in [0.15, 0.2) is 22.8 Å². The normalized spacial score (nSPS) is 39.7. The lowest BCUT2D eigenvalue weighted by molar-refractivity contribution is -0.121. The zero-order chi connectivity index (χ0) is 17.6. The van der Waals surface area contributed by atoms with Crippen molar-refractivity contribution in [3.63, 3.8) is 0 Å². The number of hydrogen-bond donors (Lipinski definition) is 0. The summed E-state index contributed by atoms with van der Waals surface area (Å²) >= 11 is 0. The standard InChI is InChI=1S/C21H21N3O/c22-10-13-9-14-15(11-23)16(12-24)21(13)8-6-4-2-1-3-5-7-17(25)19-18(14)20(19)21/h9,14,18-20H,1-8H2/t14-,18-,19-,20-,21+/m1/s1. The van der Waals surface area contributed by atoms with Crippen LogP contribution < -0.4 is 0 Å². The SMILES string of the molecule is N#CC1=C[C@@H]2C(C#N)=C(C#N)[C@]13CCCCCCCCC(=O)[C@@H]1[C@@H]2[C@H]13. The van der Waals surface area contributed by atoms with E-state index in [0.717, 1.165) is 44.9 Å². The van der Waals surface area contributed by atoms with Gasteiger partial charge in [-0.2, -0.15) is 15.8 Å². The molecule has 126 valence electrons. The number of rotatable bonds is 0. The van der Waals surface area contributed by atoms with Crippen molar-refractivity contribution >= 4 is 5.78 Å². The molecule has 0 unspecified atom stereocenters. The molecule has 1 spiro atoms. The van der Waals surface area contributed by atoms with Crippen molar-refractivity contribution in [2.75, 3.05) is 0 Å². The lowest BCUT2D eigenvalue weighted by atomic mass is 9.56. The molecule has 0 amide bonds. The minimum absolute atomic E-state index is 0.0656. The van der Waals surface area contributed by atoms with E-state index in [2.05, 4.69) is 18.2 Å². The number of nitrogens with zero attached hydrogens (tertiary/aromatic N) is 3. The highest BCUT2D eigenvalue weighted by molar-refractivity contribution is 5.86. The van der Waals surface area contributed by atoms with E-state index in [4.69, 9.17) is 0 Å². The summed E-state index contributed by atoms with van der Waals surface area (Å²) in [4.78, 5) is 12.8. The lowest BCUT2D eigenvalue weighted by Crippen LogP contribution is -2.39. The molecule has 0 N–H and O–H groups in total. The van der Waals surface area contributed by atoms with E-state index in [1.54, 1.807) is 0 Å². The van der Waals surface area contributed by atoms with Crippen molar-refractivity contribution in [2.24, 2.45) is 29.1 Å². The highest BCUT2D eigenvalue weighted by atomic mass is 16.1. The molecule has 5 aliphatic carbocycles. The minimum Gasteiger partial charge on any atom is -0.299 e. The summed E-state index contributed by atoms with van der Waals surface area (Å²) in [6, 6.07) is 6.86.